The van der Waals surface area contributed by atoms with Crippen LogP contribution in [-0.2, 0) is 5.54 Å². The standard InChI is InChI=1S/C17H20ClN3O2/c1-9-19-11-8-10(18)13-12(14(11)23-9)17(21-15(22)20-13)6-4-16(2,3)5-7-17/h8H,4-7H2,1-3H3,(H2,20,21,22). The van der Waals surface area contributed by atoms with Crippen LogP contribution in [0.25, 0.3) is 11.1 Å². The van der Waals surface area contributed by atoms with Gasteiger partial charge in [0.05, 0.1) is 16.2 Å². The van der Waals surface area contributed by atoms with Crippen molar-refractivity contribution in [3.05, 3.63) is 22.5 Å². The van der Waals surface area contributed by atoms with Gasteiger partial charge in [0.15, 0.2) is 11.5 Å². The van der Waals surface area contributed by atoms with Crippen LogP contribution >= 0.6 is 11.6 Å². The number of fused-ring (bicyclic) bond motifs is 4. The number of amides is 2. The Labute approximate surface area is 139 Å². The summed E-state index contributed by atoms with van der Waals surface area (Å²) in [6, 6.07) is 1.56. The van der Waals surface area contributed by atoms with Crippen molar-refractivity contribution >= 4 is 34.4 Å². The second-order valence-electron chi connectivity index (χ2n) is 7.51. The lowest BCUT2D eigenvalue weighted by atomic mass is 9.66. The Bertz CT molecular complexity index is 815. The Morgan fingerprint density at radius 3 is 2.65 bits per heavy atom. The first-order valence-corrected chi connectivity index (χ1v) is 8.37. The summed E-state index contributed by atoms with van der Waals surface area (Å²) in [5.41, 5.74) is 2.95. The number of urea groups is 1. The smallest absolute Gasteiger partial charge is 0.319 e. The minimum absolute atomic E-state index is 0.199. The second-order valence-corrected chi connectivity index (χ2v) is 7.92. The van der Waals surface area contributed by atoms with E-state index >= 15 is 0 Å². The zero-order chi connectivity index (χ0) is 16.4. The number of hydrogen-bond acceptors (Lipinski definition) is 3. The first-order chi connectivity index (χ1) is 10.8. The maximum atomic E-state index is 12.2. The minimum Gasteiger partial charge on any atom is -0.441 e. The molecule has 1 aliphatic carbocycles. The van der Waals surface area contributed by atoms with Crippen LogP contribution in [0.3, 0.4) is 0 Å². The zero-order valence-electron chi connectivity index (χ0n) is 13.5. The van der Waals surface area contributed by atoms with Crippen LogP contribution in [-0.4, -0.2) is 11.0 Å². The first kappa shape index (κ1) is 14.8. The molecule has 0 atom stereocenters. The van der Waals surface area contributed by atoms with Crippen molar-refractivity contribution in [2.24, 2.45) is 5.41 Å². The Balaban J connectivity index is 1.97. The van der Waals surface area contributed by atoms with E-state index in [0.29, 0.717) is 16.6 Å². The fourth-order valence-electron chi connectivity index (χ4n) is 3.88. The second kappa shape index (κ2) is 4.63. The van der Waals surface area contributed by atoms with Gasteiger partial charge in [-0.1, -0.05) is 25.4 Å². The number of nitrogens with zero attached hydrogens (tertiary/aromatic N) is 1. The molecule has 0 bridgehead atoms. The molecule has 2 heterocycles. The number of carbonyl (C=O) groups is 1. The molecule has 1 aliphatic heterocycles. The van der Waals surface area contributed by atoms with E-state index in [1.54, 1.807) is 6.07 Å². The van der Waals surface area contributed by atoms with Crippen LogP contribution < -0.4 is 10.6 Å². The Morgan fingerprint density at radius 1 is 1.26 bits per heavy atom. The highest BCUT2D eigenvalue weighted by atomic mass is 35.5. The summed E-state index contributed by atoms with van der Waals surface area (Å²) in [6.45, 7) is 6.37. The normalized spacial score (nSPS) is 21.8. The number of rotatable bonds is 0. The van der Waals surface area contributed by atoms with E-state index in [9.17, 15) is 4.79 Å². The van der Waals surface area contributed by atoms with Gasteiger partial charge in [-0.15, -0.1) is 0 Å². The molecule has 122 valence electrons. The van der Waals surface area contributed by atoms with Crippen molar-refractivity contribution in [1.82, 2.24) is 10.3 Å². The number of benzene rings is 1. The molecule has 1 aromatic heterocycles. The summed E-state index contributed by atoms with van der Waals surface area (Å²) in [5.74, 6) is 0.604. The number of oxazole rings is 1. The quantitative estimate of drug-likeness (QED) is 0.733. The fourth-order valence-corrected chi connectivity index (χ4v) is 4.12. The Morgan fingerprint density at radius 2 is 1.96 bits per heavy atom. The third-order valence-corrected chi connectivity index (χ3v) is 5.56. The molecule has 2 amide bonds. The van der Waals surface area contributed by atoms with Crippen LogP contribution in [0.4, 0.5) is 10.5 Å². The summed E-state index contributed by atoms with van der Waals surface area (Å²) in [4.78, 5) is 16.6. The number of carbonyl (C=O) groups excluding carboxylic acids is 1. The number of anilines is 1. The third kappa shape index (κ3) is 2.21. The van der Waals surface area contributed by atoms with Crippen LogP contribution in [0.5, 0.6) is 0 Å². The van der Waals surface area contributed by atoms with E-state index in [-0.39, 0.29) is 11.4 Å². The van der Waals surface area contributed by atoms with Crippen LogP contribution in [0.1, 0.15) is 51.0 Å². The van der Waals surface area contributed by atoms with Crippen LogP contribution in [0, 0.1) is 12.3 Å². The fraction of sp³-hybridized carbons (Fsp3) is 0.529. The first-order valence-electron chi connectivity index (χ1n) is 7.99. The van der Waals surface area contributed by atoms with Gasteiger partial charge in [0.2, 0.25) is 0 Å². The highest BCUT2D eigenvalue weighted by Gasteiger charge is 2.47. The molecule has 2 aromatic rings. The van der Waals surface area contributed by atoms with E-state index in [4.69, 9.17) is 16.0 Å². The minimum atomic E-state index is -0.428. The molecule has 0 unspecified atom stereocenters. The van der Waals surface area contributed by atoms with E-state index < -0.39 is 5.54 Å². The van der Waals surface area contributed by atoms with Gasteiger partial charge in [-0.25, -0.2) is 9.78 Å². The van der Waals surface area contributed by atoms with E-state index in [1.807, 2.05) is 6.92 Å². The van der Waals surface area contributed by atoms with Crippen molar-refractivity contribution < 1.29 is 9.21 Å². The van der Waals surface area contributed by atoms with Gasteiger partial charge in [-0.2, -0.15) is 0 Å². The molecule has 6 heteroatoms. The molecule has 1 aromatic carbocycles. The van der Waals surface area contributed by atoms with Gasteiger partial charge < -0.3 is 15.1 Å². The Kier molecular flexibility index (Phi) is 2.98. The molecule has 1 spiro atoms. The predicted molar refractivity (Wildman–Crippen MR) is 89.8 cm³/mol. The lowest BCUT2D eigenvalue weighted by molar-refractivity contribution is 0.138. The maximum absolute atomic E-state index is 12.2. The van der Waals surface area contributed by atoms with E-state index in [1.165, 1.54) is 0 Å². The van der Waals surface area contributed by atoms with Gasteiger partial charge in [0.25, 0.3) is 0 Å². The van der Waals surface area contributed by atoms with Crippen molar-refractivity contribution in [3.8, 4) is 0 Å². The largest absolute Gasteiger partial charge is 0.441 e. The predicted octanol–water partition coefficient (Wildman–Crippen LogP) is 4.72. The SMILES string of the molecule is Cc1nc2cc(Cl)c3c(c2o1)C1(CCC(C)(C)CC1)NC(=O)N3. The van der Waals surface area contributed by atoms with Crippen molar-refractivity contribution in [1.29, 1.82) is 0 Å². The molecule has 1 fully saturated rings. The molecule has 5 nitrogen and oxygen atoms in total. The third-order valence-electron chi connectivity index (χ3n) is 5.27. The van der Waals surface area contributed by atoms with Crippen molar-refractivity contribution in [2.75, 3.05) is 5.32 Å². The molecule has 2 N–H and O–H groups in total. The van der Waals surface area contributed by atoms with E-state index in [2.05, 4.69) is 29.5 Å². The molecular formula is C17H20ClN3O2. The van der Waals surface area contributed by atoms with Crippen LogP contribution in [0.2, 0.25) is 5.02 Å². The van der Waals surface area contributed by atoms with Gasteiger partial charge >= 0.3 is 6.03 Å². The maximum Gasteiger partial charge on any atom is 0.319 e. The van der Waals surface area contributed by atoms with Crippen molar-refractivity contribution in [2.45, 2.75) is 52.0 Å². The zero-order valence-corrected chi connectivity index (χ0v) is 14.3. The van der Waals surface area contributed by atoms with E-state index in [0.717, 1.165) is 42.3 Å². The van der Waals surface area contributed by atoms with Gasteiger partial charge in [-0.05, 0) is 37.2 Å². The number of aromatic nitrogens is 1. The summed E-state index contributed by atoms with van der Waals surface area (Å²) in [6.07, 6.45) is 3.81. The average molecular weight is 334 g/mol. The monoisotopic (exact) mass is 333 g/mol. The molecule has 1 saturated carbocycles. The van der Waals surface area contributed by atoms with Gasteiger partial charge in [0, 0.05) is 12.5 Å². The summed E-state index contributed by atoms with van der Waals surface area (Å²) >= 11 is 6.43. The summed E-state index contributed by atoms with van der Waals surface area (Å²) in [5, 5.41) is 6.52. The van der Waals surface area contributed by atoms with Crippen molar-refractivity contribution in [3.63, 3.8) is 0 Å². The lowest BCUT2D eigenvalue weighted by Crippen LogP contribution is -2.54. The van der Waals surface area contributed by atoms with Gasteiger partial charge in [-0.3, -0.25) is 0 Å². The number of halogens is 1. The number of nitrogens with one attached hydrogen (secondary N) is 2. The van der Waals surface area contributed by atoms with Crippen LogP contribution in [0.15, 0.2) is 10.5 Å². The average Bonchev–Trinajstić information content (AvgIpc) is 2.82. The summed E-state index contributed by atoms with van der Waals surface area (Å²) in [7, 11) is 0. The molecule has 0 saturated heterocycles. The molecule has 23 heavy (non-hydrogen) atoms. The van der Waals surface area contributed by atoms with Gasteiger partial charge in [0.1, 0.15) is 5.52 Å². The summed E-state index contributed by atoms with van der Waals surface area (Å²) < 4.78 is 5.88. The number of aryl methyl sites for hydroxylation is 1. The highest BCUT2D eigenvalue weighted by Crippen LogP contribution is 2.51. The topological polar surface area (TPSA) is 67.2 Å². The Hall–Kier alpha value is -1.75. The lowest BCUT2D eigenvalue weighted by Gasteiger charge is -2.46. The molecule has 0 radical (unpaired) electrons. The number of hydrogen-bond donors (Lipinski definition) is 2. The highest BCUT2D eigenvalue weighted by molar-refractivity contribution is 6.35. The molecule has 4 rings (SSSR count). The molecular weight excluding hydrogens is 314 g/mol. The molecule has 2 aliphatic rings.